The molecule has 2 amide bonds. The predicted molar refractivity (Wildman–Crippen MR) is 123 cm³/mol. The Morgan fingerprint density at radius 3 is 2.44 bits per heavy atom. The molecule has 3 N–H and O–H groups in total. The molecule has 1 aromatic heterocycles. The fourth-order valence-corrected chi connectivity index (χ4v) is 4.71. The van der Waals surface area contributed by atoms with E-state index in [4.69, 9.17) is 4.74 Å². The molecule has 2 aromatic rings. The lowest BCUT2D eigenvalue weighted by Gasteiger charge is -2.32. The Morgan fingerprint density at radius 1 is 1.12 bits per heavy atom. The van der Waals surface area contributed by atoms with Crippen LogP contribution in [0.2, 0.25) is 0 Å². The number of nitrogens with one attached hydrogen (secondary N) is 3. The molecule has 1 heterocycles. The number of carbonyl (C=O) groups excluding carboxylic acids is 2. The second kappa shape index (κ2) is 8.30. The van der Waals surface area contributed by atoms with Crippen LogP contribution in [-0.2, 0) is 4.74 Å². The normalized spacial score (nSPS) is 19.0. The van der Waals surface area contributed by atoms with Gasteiger partial charge in [-0.3, -0.25) is 9.36 Å². The van der Waals surface area contributed by atoms with Crippen LogP contribution >= 0.6 is 0 Å². The number of rotatable bonds is 6. The number of alkyl carbamates (subject to hydrolysis) is 1. The number of aromatic nitrogens is 2. The quantitative estimate of drug-likeness (QED) is 0.631. The van der Waals surface area contributed by atoms with Crippen molar-refractivity contribution in [2.24, 2.45) is 5.92 Å². The highest BCUT2D eigenvalue weighted by Gasteiger charge is 2.43. The van der Waals surface area contributed by atoms with Gasteiger partial charge in [0.05, 0.1) is 16.6 Å². The van der Waals surface area contributed by atoms with E-state index in [1.54, 1.807) is 12.1 Å². The van der Waals surface area contributed by atoms with Gasteiger partial charge in [-0.2, -0.15) is 0 Å². The topological polar surface area (TPSA) is 105 Å². The summed E-state index contributed by atoms with van der Waals surface area (Å²) < 4.78 is 7.16. The van der Waals surface area contributed by atoms with Gasteiger partial charge in [-0.15, -0.1) is 0 Å². The van der Waals surface area contributed by atoms with Crippen LogP contribution in [0.25, 0.3) is 11.0 Å². The molecule has 2 fully saturated rings. The van der Waals surface area contributed by atoms with Crippen molar-refractivity contribution in [3.63, 3.8) is 0 Å². The number of nitrogens with zero attached hydrogens (tertiary/aromatic N) is 1. The van der Waals surface area contributed by atoms with E-state index in [0.717, 1.165) is 44.0 Å². The van der Waals surface area contributed by atoms with Gasteiger partial charge in [0, 0.05) is 18.2 Å². The fourth-order valence-electron chi connectivity index (χ4n) is 4.71. The molecule has 2 saturated carbocycles. The number of imidazole rings is 1. The summed E-state index contributed by atoms with van der Waals surface area (Å²) in [7, 11) is 0. The summed E-state index contributed by atoms with van der Waals surface area (Å²) in [5.74, 6) is 0.0788. The number of hydrogen-bond acceptors (Lipinski definition) is 4. The molecule has 32 heavy (non-hydrogen) atoms. The van der Waals surface area contributed by atoms with E-state index in [2.05, 4.69) is 15.6 Å². The zero-order chi connectivity index (χ0) is 23.1. The molecule has 4 rings (SSSR count). The van der Waals surface area contributed by atoms with Crippen LogP contribution in [0.4, 0.5) is 4.79 Å². The van der Waals surface area contributed by atoms with Crippen LogP contribution in [0.1, 0.15) is 82.6 Å². The van der Waals surface area contributed by atoms with Crippen LogP contribution in [0.5, 0.6) is 0 Å². The molecule has 8 nitrogen and oxygen atoms in total. The molecular formula is C24H34N4O4. The van der Waals surface area contributed by atoms with Crippen molar-refractivity contribution >= 4 is 23.0 Å². The van der Waals surface area contributed by atoms with E-state index in [1.807, 2.05) is 38.3 Å². The van der Waals surface area contributed by atoms with Crippen molar-refractivity contribution in [3.05, 3.63) is 34.2 Å². The number of carbonyl (C=O) groups is 2. The Hall–Kier alpha value is -2.77. The number of hydrogen-bond donors (Lipinski definition) is 3. The van der Waals surface area contributed by atoms with Gasteiger partial charge in [0.2, 0.25) is 0 Å². The average molecular weight is 443 g/mol. The first-order valence-corrected chi connectivity index (χ1v) is 11.6. The predicted octanol–water partition coefficient (Wildman–Crippen LogP) is 3.87. The number of H-pyrrole nitrogens is 1. The molecule has 1 atom stereocenters. The lowest BCUT2D eigenvalue weighted by molar-refractivity contribution is 0.0502. The monoisotopic (exact) mass is 442 g/mol. The molecule has 0 bridgehead atoms. The van der Waals surface area contributed by atoms with Gasteiger partial charge in [0.1, 0.15) is 5.60 Å². The number of fused-ring (bicyclic) bond motifs is 1. The Bertz CT molecular complexity index is 1070. The van der Waals surface area contributed by atoms with Gasteiger partial charge in [-0.05, 0) is 77.5 Å². The number of amides is 2. The molecule has 0 radical (unpaired) electrons. The van der Waals surface area contributed by atoms with Gasteiger partial charge in [0.25, 0.3) is 5.91 Å². The van der Waals surface area contributed by atoms with Crippen molar-refractivity contribution in [1.82, 2.24) is 20.2 Å². The van der Waals surface area contributed by atoms with E-state index >= 15 is 0 Å². The summed E-state index contributed by atoms with van der Waals surface area (Å²) >= 11 is 0. The van der Waals surface area contributed by atoms with Crippen molar-refractivity contribution in [2.75, 3.05) is 6.54 Å². The molecule has 174 valence electrons. The molecule has 1 aromatic carbocycles. The van der Waals surface area contributed by atoms with Crippen LogP contribution in [-0.4, -0.2) is 39.2 Å². The minimum atomic E-state index is -0.579. The largest absolute Gasteiger partial charge is 0.444 e. The fraction of sp³-hybridized carbons (Fsp3) is 0.625. The van der Waals surface area contributed by atoms with Crippen molar-refractivity contribution < 1.29 is 14.3 Å². The van der Waals surface area contributed by atoms with Gasteiger partial charge < -0.3 is 20.4 Å². The Kier molecular flexibility index (Phi) is 5.81. The molecule has 1 unspecified atom stereocenters. The Labute approximate surface area is 188 Å². The molecule has 0 aliphatic heterocycles. The summed E-state index contributed by atoms with van der Waals surface area (Å²) in [6.45, 7) is 7.69. The first-order chi connectivity index (χ1) is 15.1. The van der Waals surface area contributed by atoms with E-state index in [-0.39, 0.29) is 24.2 Å². The molecule has 2 aliphatic carbocycles. The maximum atomic E-state index is 13.1. The van der Waals surface area contributed by atoms with Crippen LogP contribution in [0.15, 0.2) is 23.0 Å². The van der Waals surface area contributed by atoms with Gasteiger partial charge in [0.15, 0.2) is 0 Å². The van der Waals surface area contributed by atoms with Gasteiger partial charge >= 0.3 is 11.8 Å². The summed E-state index contributed by atoms with van der Waals surface area (Å²) in [6.07, 6.45) is 5.82. The minimum Gasteiger partial charge on any atom is -0.444 e. The third-order valence-electron chi connectivity index (χ3n) is 6.54. The summed E-state index contributed by atoms with van der Waals surface area (Å²) in [4.78, 5) is 40.7. The highest BCUT2D eigenvalue weighted by molar-refractivity contribution is 5.97. The van der Waals surface area contributed by atoms with E-state index in [1.165, 1.54) is 0 Å². The maximum Gasteiger partial charge on any atom is 0.407 e. The third-order valence-corrected chi connectivity index (χ3v) is 6.54. The first-order valence-electron chi connectivity index (χ1n) is 11.6. The Balaban J connectivity index is 1.49. The lowest BCUT2D eigenvalue weighted by Crippen LogP contribution is -2.55. The third kappa shape index (κ3) is 4.84. The number of aromatic amines is 1. The first kappa shape index (κ1) is 22.4. The summed E-state index contributed by atoms with van der Waals surface area (Å²) in [6, 6.07) is 5.60. The smallest absolute Gasteiger partial charge is 0.407 e. The minimum absolute atomic E-state index is 0.117. The standard InChI is InChI=1S/C24H34N4O4/c1-23(2,3)32-22(31)25-14-24(4,16-10-11-16)27-20(29)15-9-12-19-18(13-15)26-21(30)28(19)17-7-5-6-8-17/h9,12-13,16-17H,5-8,10-11,14H2,1-4H3,(H,25,31)(H,26,30)(H,27,29). The zero-order valence-corrected chi connectivity index (χ0v) is 19.4. The van der Waals surface area contributed by atoms with E-state index in [0.29, 0.717) is 17.0 Å². The van der Waals surface area contributed by atoms with Gasteiger partial charge in [-0.25, -0.2) is 9.59 Å². The average Bonchev–Trinajstić information content (AvgIpc) is 3.34. The highest BCUT2D eigenvalue weighted by Crippen LogP contribution is 2.39. The number of benzene rings is 1. The van der Waals surface area contributed by atoms with Crippen LogP contribution in [0.3, 0.4) is 0 Å². The van der Waals surface area contributed by atoms with Crippen LogP contribution in [0, 0.1) is 5.92 Å². The maximum absolute atomic E-state index is 13.1. The molecule has 0 saturated heterocycles. The summed E-state index contributed by atoms with van der Waals surface area (Å²) in [5.41, 5.74) is 0.733. The van der Waals surface area contributed by atoms with Crippen molar-refractivity contribution in [1.29, 1.82) is 0 Å². The molecule has 8 heteroatoms. The van der Waals surface area contributed by atoms with Crippen LogP contribution < -0.4 is 16.3 Å². The highest BCUT2D eigenvalue weighted by atomic mass is 16.6. The molecule has 0 spiro atoms. The molecule has 2 aliphatic rings. The number of ether oxygens (including phenoxy) is 1. The van der Waals surface area contributed by atoms with E-state index in [9.17, 15) is 14.4 Å². The van der Waals surface area contributed by atoms with E-state index < -0.39 is 17.2 Å². The second-order valence-electron chi connectivity index (χ2n) is 10.5. The SMILES string of the molecule is CC(C)(C)OC(=O)NCC(C)(NC(=O)c1ccc2c(c1)[nH]c(=O)n2C1CCCC1)C1CC1. The van der Waals surface area contributed by atoms with Crippen molar-refractivity contribution in [3.8, 4) is 0 Å². The zero-order valence-electron chi connectivity index (χ0n) is 19.4. The lowest BCUT2D eigenvalue weighted by atomic mass is 9.95. The summed E-state index contributed by atoms with van der Waals surface area (Å²) in [5, 5.41) is 5.93. The van der Waals surface area contributed by atoms with Crippen molar-refractivity contribution in [2.45, 2.75) is 83.4 Å². The second-order valence-corrected chi connectivity index (χ2v) is 10.5. The molecular weight excluding hydrogens is 408 g/mol. The van der Waals surface area contributed by atoms with Gasteiger partial charge in [-0.1, -0.05) is 12.8 Å². The Morgan fingerprint density at radius 2 is 1.81 bits per heavy atom.